The van der Waals surface area contributed by atoms with Gasteiger partial charge < -0.3 is 4.74 Å². The molecule has 15 heavy (non-hydrogen) atoms. The maximum atomic E-state index is 5.19. The van der Waals surface area contributed by atoms with Gasteiger partial charge in [-0.1, -0.05) is 24.3 Å². The summed E-state index contributed by atoms with van der Waals surface area (Å²) >= 11 is 0. The average molecular weight is 202 g/mol. The van der Waals surface area contributed by atoms with Crippen LogP contribution in [0.2, 0.25) is 0 Å². The lowest BCUT2D eigenvalue weighted by Gasteiger charge is -2.02. The highest BCUT2D eigenvalue weighted by atomic mass is 16.5. The van der Waals surface area contributed by atoms with E-state index in [0.717, 1.165) is 24.5 Å². The molecule has 0 N–H and O–H groups in total. The van der Waals surface area contributed by atoms with Gasteiger partial charge in [0.2, 0.25) is 0 Å². The fourth-order valence-corrected chi connectivity index (χ4v) is 1.66. The Balaban J connectivity index is 1.81. The highest BCUT2D eigenvalue weighted by molar-refractivity contribution is 5.28. The Morgan fingerprint density at radius 3 is 3.00 bits per heavy atom. The largest absolute Gasteiger partial charge is 0.497 e. The van der Waals surface area contributed by atoms with E-state index in [-0.39, 0.29) is 0 Å². The molecule has 0 heterocycles. The van der Waals surface area contributed by atoms with E-state index in [1.54, 1.807) is 7.11 Å². The molecular formula is C14H18O. The molecule has 1 saturated carbocycles. The normalized spacial score (nSPS) is 15.8. The molecule has 0 atom stereocenters. The van der Waals surface area contributed by atoms with E-state index >= 15 is 0 Å². The summed E-state index contributed by atoms with van der Waals surface area (Å²) in [4.78, 5) is 0. The van der Waals surface area contributed by atoms with Crippen molar-refractivity contribution < 1.29 is 4.74 Å². The van der Waals surface area contributed by atoms with Gasteiger partial charge in [0.15, 0.2) is 0 Å². The molecule has 1 aromatic carbocycles. The monoisotopic (exact) mass is 202 g/mol. The predicted octanol–water partition coefficient (Wildman–Crippen LogP) is 3.59. The summed E-state index contributed by atoms with van der Waals surface area (Å²) in [7, 11) is 1.71. The number of rotatable bonds is 5. The zero-order valence-corrected chi connectivity index (χ0v) is 9.28. The minimum Gasteiger partial charge on any atom is -0.497 e. The molecule has 0 aromatic heterocycles. The van der Waals surface area contributed by atoms with Crippen LogP contribution in [0.3, 0.4) is 0 Å². The smallest absolute Gasteiger partial charge is 0.119 e. The van der Waals surface area contributed by atoms with E-state index in [2.05, 4.69) is 30.4 Å². The summed E-state index contributed by atoms with van der Waals surface area (Å²) in [5.74, 6) is 1.86. The van der Waals surface area contributed by atoms with Crippen LogP contribution in [-0.4, -0.2) is 7.11 Å². The topological polar surface area (TPSA) is 9.23 Å². The minimum atomic E-state index is 0.898. The van der Waals surface area contributed by atoms with Crippen molar-refractivity contribution in [2.45, 2.75) is 25.7 Å². The van der Waals surface area contributed by atoms with Crippen LogP contribution in [0.1, 0.15) is 24.8 Å². The fourth-order valence-electron chi connectivity index (χ4n) is 1.66. The third-order valence-corrected chi connectivity index (χ3v) is 2.76. The van der Waals surface area contributed by atoms with Gasteiger partial charge in [0.25, 0.3) is 0 Å². The molecule has 1 aliphatic carbocycles. The molecule has 0 saturated heterocycles. The first kappa shape index (κ1) is 10.3. The van der Waals surface area contributed by atoms with Crippen LogP contribution < -0.4 is 4.74 Å². The summed E-state index contributed by atoms with van der Waals surface area (Å²) in [5.41, 5.74) is 1.36. The molecule has 0 bridgehead atoms. The summed E-state index contributed by atoms with van der Waals surface area (Å²) in [6.07, 6.45) is 9.73. The number of hydrogen-bond donors (Lipinski definition) is 0. The van der Waals surface area contributed by atoms with Crippen molar-refractivity contribution in [3.63, 3.8) is 0 Å². The van der Waals surface area contributed by atoms with Gasteiger partial charge in [-0.05, 0) is 49.3 Å². The van der Waals surface area contributed by atoms with Crippen molar-refractivity contribution in [2.75, 3.05) is 7.11 Å². The van der Waals surface area contributed by atoms with E-state index in [1.807, 2.05) is 6.07 Å². The maximum absolute atomic E-state index is 5.19. The molecule has 0 radical (unpaired) electrons. The molecule has 0 unspecified atom stereocenters. The van der Waals surface area contributed by atoms with Crippen molar-refractivity contribution in [1.82, 2.24) is 0 Å². The third-order valence-electron chi connectivity index (χ3n) is 2.76. The zero-order valence-electron chi connectivity index (χ0n) is 9.28. The molecule has 0 amide bonds. The van der Waals surface area contributed by atoms with Gasteiger partial charge in [-0.2, -0.15) is 0 Å². The van der Waals surface area contributed by atoms with Gasteiger partial charge in [0.05, 0.1) is 7.11 Å². The quantitative estimate of drug-likeness (QED) is 0.663. The molecule has 0 aliphatic heterocycles. The molecule has 1 aromatic rings. The Labute approximate surface area is 91.8 Å². The Morgan fingerprint density at radius 1 is 1.40 bits per heavy atom. The lowest BCUT2D eigenvalue weighted by molar-refractivity contribution is 0.414. The van der Waals surface area contributed by atoms with Crippen LogP contribution >= 0.6 is 0 Å². The van der Waals surface area contributed by atoms with E-state index in [9.17, 15) is 0 Å². The van der Waals surface area contributed by atoms with Crippen LogP contribution in [0.25, 0.3) is 0 Å². The Morgan fingerprint density at radius 2 is 2.27 bits per heavy atom. The number of benzene rings is 1. The lowest BCUT2D eigenvalue weighted by Crippen LogP contribution is -1.86. The second kappa shape index (κ2) is 5.01. The third kappa shape index (κ3) is 3.43. The molecule has 1 nitrogen and oxygen atoms in total. The first-order valence-corrected chi connectivity index (χ1v) is 5.68. The molecule has 0 spiro atoms. The summed E-state index contributed by atoms with van der Waals surface area (Å²) in [6, 6.07) is 8.32. The minimum absolute atomic E-state index is 0.898. The van der Waals surface area contributed by atoms with Gasteiger partial charge in [-0.25, -0.2) is 0 Å². The maximum Gasteiger partial charge on any atom is 0.119 e. The highest BCUT2D eigenvalue weighted by Gasteiger charge is 2.16. The fraction of sp³-hybridized carbons (Fsp3) is 0.429. The predicted molar refractivity (Wildman–Crippen MR) is 63.2 cm³/mol. The molecule has 80 valence electrons. The Kier molecular flexibility index (Phi) is 3.44. The van der Waals surface area contributed by atoms with Crippen molar-refractivity contribution in [3.05, 3.63) is 42.0 Å². The van der Waals surface area contributed by atoms with Gasteiger partial charge in [0.1, 0.15) is 5.75 Å². The van der Waals surface area contributed by atoms with E-state index in [0.29, 0.717) is 0 Å². The van der Waals surface area contributed by atoms with Crippen LogP contribution in [-0.2, 0) is 6.42 Å². The summed E-state index contributed by atoms with van der Waals surface area (Å²) in [6.45, 7) is 0. The number of hydrogen-bond acceptors (Lipinski definition) is 1. The number of methoxy groups -OCH3 is 1. The first-order chi connectivity index (χ1) is 7.38. The number of aryl methyl sites for hydroxylation is 1. The SMILES string of the molecule is COc1cccc(CC/C=C\C2CC2)c1. The van der Waals surface area contributed by atoms with Crippen molar-refractivity contribution in [3.8, 4) is 5.75 Å². The molecule has 1 aliphatic rings. The Bertz CT molecular complexity index is 337. The first-order valence-electron chi connectivity index (χ1n) is 5.68. The Hall–Kier alpha value is -1.24. The lowest BCUT2D eigenvalue weighted by atomic mass is 10.1. The van der Waals surface area contributed by atoms with Crippen molar-refractivity contribution in [1.29, 1.82) is 0 Å². The molecular weight excluding hydrogens is 184 g/mol. The van der Waals surface area contributed by atoms with Gasteiger partial charge >= 0.3 is 0 Å². The molecule has 2 rings (SSSR count). The van der Waals surface area contributed by atoms with E-state index < -0.39 is 0 Å². The van der Waals surface area contributed by atoms with Crippen molar-refractivity contribution in [2.24, 2.45) is 5.92 Å². The number of ether oxygens (including phenoxy) is 1. The van der Waals surface area contributed by atoms with Crippen LogP contribution in [0.15, 0.2) is 36.4 Å². The van der Waals surface area contributed by atoms with E-state index in [1.165, 1.54) is 18.4 Å². The second-order valence-corrected chi connectivity index (χ2v) is 4.16. The zero-order chi connectivity index (χ0) is 10.5. The highest BCUT2D eigenvalue weighted by Crippen LogP contribution is 2.30. The van der Waals surface area contributed by atoms with Gasteiger partial charge in [-0.3, -0.25) is 0 Å². The van der Waals surface area contributed by atoms with E-state index in [4.69, 9.17) is 4.74 Å². The van der Waals surface area contributed by atoms with Gasteiger partial charge in [-0.15, -0.1) is 0 Å². The molecule has 1 fully saturated rings. The van der Waals surface area contributed by atoms with Crippen LogP contribution in [0.4, 0.5) is 0 Å². The van der Waals surface area contributed by atoms with Crippen LogP contribution in [0, 0.1) is 5.92 Å². The van der Waals surface area contributed by atoms with Gasteiger partial charge in [0, 0.05) is 0 Å². The summed E-state index contributed by atoms with van der Waals surface area (Å²) in [5, 5.41) is 0. The molecule has 1 heteroatoms. The standard InChI is InChI=1S/C14H18O/c1-15-14-8-4-7-13(11-14)6-3-2-5-12-9-10-12/h2,4-5,7-8,11-12H,3,6,9-10H2,1H3/b5-2-. The van der Waals surface area contributed by atoms with Crippen molar-refractivity contribution >= 4 is 0 Å². The average Bonchev–Trinajstić information content (AvgIpc) is 3.09. The number of allylic oxidation sites excluding steroid dienone is 2. The second-order valence-electron chi connectivity index (χ2n) is 4.16. The van der Waals surface area contributed by atoms with Crippen LogP contribution in [0.5, 0.6) is 5.75 Å². The summed E-state index contributed by atoms with van der Waals surface area (Å²) < 4.78 is 5.19.